The number of rotatable bonds is 6. The molecule has 1 amide bonds. The van der Waals surface area contributed by atoms with Crippen LogP contribution in [0.3, 0.4) is 0 Å². The Bertz CT molecular complexity index is 937. The summed E-state index contributed by atoms with van der Waals surface area (Å²) in [4.78, 5) is 22.1. The van der Waals surface area contributed by atoms with E-state index in [0.29, 0.717) is 30.4 Å². The predicted octanol–water partition coefficient (Wildman–Crippen LogP) is 4.73. The molecule has 32 heavy (non-hydrogen) atoms. The lowest BCUT2D eigenvalue weighted by Gasteiger charge is -2.30. The number of nitrogens with one attached hydrogen (secondary N) is 2. The zero-order valence-corrected chi connectivity index (χ0v) is 20.6. The molecule has 0 radical (unpaired) electrons. The van der Waals surface area contributed by atoms with Crippen LogP contribution in [-0.4, -0.2) is 42.3 Å². The van der Waals surface area contributed by atoms with Crippen LogP contribution in [0.4, 0.5) is 0 Å². The van der Waals surface area contributed by atoms with Gasteiger partial charge in [0.25, 0.3) is 5.91 Å². The first-order valence-electron chi connectivity index (χ1n) is 11.6. The van der Waals surface area contributed by atoms with E-state index in [4.69, 9.17) is 4.74 Å². The normalized spacial score (nSPS) is 14.8. The Labute approximate surface area is 192 Å². The van der Waals surface area contributed by atoms with Gasteiger partial charge in [-0.2, -0.15) is 0 Å². The largest absolute Gasteiger partial charge is 0.491 e. The van der Waals surface area contributed by atoms with Gasteiger partial charge in [0.05, 0.1) is 16.8 Å². The highest BCUT2D eigenvalue weighted by atomic mass is 16.5. The Morgan fingerprint density at radius 1 is 1.25 bits per heavy atom. The summed E-state index contributed by atoms with van der Waals surface area (Å²) in [5, 5.41) is 6.44. The van der Waals surface area contributed by atoms with Crippen LogP contribution in [0.5, 0.6) is 5.75 Å². The zero-order valence-electron chi connectivity index (χ0n) is 20.6. The molecule has 6 nitrogen and oxygen atoms in total. The molecular formula is C26H38N4O2. The van der Waals surface area contributed by atoms with Crippen LogP contribution >= 0.6 is 0 Å². The van der Waals surface area contributed by atoms with Crippen molar-refractivity contribution in [3.05, 3.63) is 58.9 Å². The fraction of sp³-hybridized carbons (Fsp3) is 0.500. The van der Waals surface area contributed by atoms with Crippen LogP contribution in [0.25, 0.3) is 0 Å². The van der Waals surface area contributed by atoms with E-state index in [1.807, 2.05) is 33.8 Å². The van der Waals surface area contributed by atoms with Crippen molar-refractivity contribution < 1.29 is 9.53 Å². The maximum Gasteiger partial charge on any atom is 0.257 e. The number of aliphatic imine (C=N–C) groups is 1. The molecular weight excluding hydrogens is 400 g/mol. The molecule has 1 aliphatic rings. The maximum absolute atomic E-state index is 13.3. The monoisotopic (exact) mass is 438 g/mol. The lowest BCUT2D eigenvalue weighted by atomic mass is 9.84. The van der Waals surface area contributed by atoms with Gasteiger partial charge in [0.1, 0.15) is 12.4 Å². The molecule has 0 saturated heterocycles. The number of carbonyl (C=O) groups is 1. The molecule has 1 atom stereocenters. The van der Waals surface area contributed by atoms with Crippen molar-refractivity contribution in [3.63, 3.8) is 0 Å². The van der Waals surface area contributed by atoms with E-state index >= 15 is 0 Å². The summed E-state index contributed by atoms with van der Waals surface area (Å²) in [7, 11) is 1.78. The number of pyridine rings is 1. The molecule has 1 aromatic heterocycles. The van der Waals surface area contributed by atoms with Gasteiger partial charge in [-0.3, -0.25) is 14.8 Å². The molecule has 0 fully saturated rings. The van der Waals surface area contributed by atoms with Gasteiger partial charge in [-0.15, -0.1) is 0 Å². The second kappa shape index (κ2) is 11.8. The average molecular weight is 439 g/mol. The standard InChI is InChI=1S/C24H32N4O2.C2H6/c1-6-16(2)18-9-7-8-10-19(18)22(25-5)24(3,4)28-23(29)20-15-27-14-17-13-26-11-12-30-21(17)20;1-2/h7-10,14-16,26H,6,11-13H2,1-5H3,(H,28,29);1-2H3. The van der Waals surface area contributed by atoms with Gasteiger partial charge in [-0.1, -0.05) is 52.0 Å². The summed E-state index contributed by atoms with van der Waals surface area (Å²) in [6, 6.07) is 8.31. The summed E-state index contributed by atoms with van der Waals surface area (Å²) in [5.41, 5.74) is 3.84. The smallest absolute Gasteiger partial charge is 0.257 e. The fourth-order valence-electron chi connectivity index (χ4n) is 3.91. The molecule has 3 rings (SSSR count). The van der Waals surface area contributed by atoms with Crippen LogP contribution in [0, 0.1) is 0 Å². The molecule has 6 heteroatoms. The van der Waals surface area contributed by atoms with Crippen LogP contribution in [0.1, 0.15) is 80.9 Å². The second-order valence-electron chi connectivity index (χ2n) is 8.25. The minimum atomic E-state index is -0.679. The third-order valence-corrected chi connectivity index (χ3v) is 5.66. The highest BCUT2D eigenvalue weighted by molar-refractivity contribution is 6.11. The van der Waals surface area contributed by atoms with E-state index in [2.05, 4.69) is 52.7 Å². The lowest BCUT2D eigenvalue weighted by Crippen LogP contribution is -2.50. The van der Waals surface area contributed by atoms with E-state index in [1.165, 1.54) is 5.56 Å². The third kappa shape index (κ3) is 5.74. The van der Waals surface area contributed by atoms with Gasteiger partial charge in [0.2, 0.25) is 0 Å². The number of hydrogen-bond acceptors (Lipinski definition) is 5. The minimum absolute atomic E-state index is 0.214. The van der Waals surface area contributed by atoms with Gasteiger partial charge in [-0.25, -0.2) is 0 Å². The van der Waals surface area contributed by atoms with Gasteiger partial charge >= 0.3 is 0 Å². The number of hydrogen-bond donors (Lipinski definition) is 2. The Balaban J connectivity index is 0.00000176. The van der Waals surface area contributed by atoms with Gasteiger partial charge in [0.15, 0.2) is 0 Å². The molecule has 2 N–H and O–H groups in total. The molecule has 1 aliphatic heterocycles. The van der Waals surface area contributed by atoms with Gasteiger partial charge < -0.3 is 15.4 Å². The number of nitrogens with zero attached hydrogens (tertiary/aromatic N) is 2. The SMILES string of the molecule is CC.CCC(C)c1ccccc1C(=NC)C(C)(C)NC(=O)c1cncc2c1OCCNC2. The Kier molecular flexibility index (Phi) is 9.39. The third-order valence-electron chi connectivity index (χ3n) is 5.66. The average Bonchev–Trinajstić information content (AvgIpc) is 3.05. The molecule has 0 spiro atoms. The van der Waals surface area contributed by atoms with E-state index in [-0.39, 0.29) is 5.91 Å². The van der Waals surface area contributed by atoms with Gasteiger partial charge in [-0.05, 0) is 31.7 Å². The Hall–Kier alpha value is -2.73. The van der Waals surface area contributed by atoms with Crippen LogP contribution in [0.15, 0.2) is 41.7 Å². The molecule has 0 bridgehead atoms. The number of carbonyl (C=O) groups excluding carboxylic acids is 1. The van der Waals surface area contributed by atoms with Crippen LogP contribution < -0.4 is 15.4 Å². The summed E-state index contributed by atoms with van der Waals surface area (Å²) in [6.07, 6.45) is 4.36. The summed E-state index contributed by atoms with van der Waals surface area (Å²) in [5.74, 6) is 0.797. The number of amides is 1. The molecule has 0 saturated carbocycles. The molecule has 1 aromatic carbocycles. The minimum Gasteiger partial charge on any atom is -0.491 e. The van der Waals surface area contributed by atoms with Crippen molar-refractivity contribution in [2.45, 2.75) is 66.0 Å². The lowest BCUT2D eigenvalue weighted by molar-refractivity contribution is 0.0927. The molecule has 2 heterocycles. The van der Waals surface area contributed by atoms with Crippen molar-refractivity contribution in [2.24, 2.45) is 4.99 Å². The number of benzene rings is 1. The van der Waals surface area contributed by atoms with Crippen molar-refractivity contribution in [2.75, 3.05) is 20.2 Å². The molecule has 174 valence electrons. The summed E-state index contributed by atoms with van der Waals surface area (Å²) < 4.78 is 5.86. The van der Waals surface area contributed by atoms with Crippen molar-refractivity contribution >= 4 is 11.6 Å². The number of aromatic nitrogens is 1. The summed E-state index contributed by atoms with van der Waals surface area (Å²) in [6.45, 7) is 14.3. The van der Waals surface area contributed by atoms with E-state index < -0.39 is 5.54 Å². The highest BCUT2D eigenvalue weighted by Crippen LogP contribution is 2.28. The predicted molar refractivity (Wildman–Crippen MR) is 132 cm³/mol. The van der Waals surface area contributed by atoms with Crippen LogP contribution in [-0.2, 0) is 6.54 Å². The quantitative estimate of drug-likeness (QED) is 0.639. The zero-order chi connectivity index (χ0) is 23.7. The maximum atomic E-state index is 13.3. The fourth-order valence-corrected chi connectivity index (χ4v) is 3.91. The first kappa shape index (κ1) is 25.5. The Morgan fingerprint density at radius 2 is 1.97 bits per heavy atom. The first-order chi connectivity index (χ1) is 15.4. The van der Waals surface area contributed by atoms with E-state index in [0.717, 1.165) is 29.8 Å². The number of fused-ring (bicyclic) bond motifs is 1. The van der Waals surface area contributed by atoms with Crippen molar-refractivity contribution in [1.29, 1.82) is 0 Å². The topological polar surface area (TPSA) is 75.6 Å². The first-order valence-corrected chi connectivity index (χ1v) is 11.6. The molecule has 0 aliphatic carbocycles. The van der Waals surface area contributed by atoms with Crippen molar-refractivity contribution in [1.82, 2.24) is 15.6 Å². The molecule has 1 unspecified atom stereocenters. The molecule has 2 aromatic rings. The Morgan fingerprint density at radius 3 is 2.66 bits per heavy atom. The highest BCUT2D eigenvalue weighted by Gasteiger charge is 2.31. The van der Waals surface area contributed by atoms with Gasteiger partial charge in [0, 0.05) is 43.7 Å². The van der Waals surface area contributed by atoms with Crippen molar-refractivity contribution in [3.8, 4) is 5.75 Å². The number of ether oxygens (including phenoxy) is 1. The van der Waals surface area contributed by atoms with Crippen LogP contribution in [0.2, 0.25) is 0 Å². The summed E-state index contributed by atoms with van der Waals surface area (Å²) >= 11 is 0. The van der Waals surface area contributed by atoms with E-state index in [1.54, 1.807) is 19.4 Å². The van der Waals surface area contributed by atoms with E-state index in [9.17, 15) is 4.79 Å². The second-order valence-corrected chi connectivity index (χ2v) is 8.25.